The van der Waals surface area contributed by atoms with E-state index in [1.54, 1.807) is 13.2 Å². The molecule has 0 spiro atoms. The molecule has 0 unspecified atom stereocenters. The highest BCUT2D eigenvalue weighted by Gasteiger charge is 2.09. The van der Waals surface area contributed by atoms with Crippen LogP contribution in [0, 0.1) is 17.0 Å². The van der Waals surface area contributed by atoms with Crippen molar-refractivity contribution in [2.75, 3.05) is 25.5 Å². The van der Waals surface area contributed by atoms with Crippen molar-refractivity contribution >= 4 is 35.4 Å². The first kappa shape index (κ1) is 26.3. The maximum absolute atomic E-state index is 10.8. The zero-order valence-corrected chi connectivity index (χ0v) is 20.0. The Morgan fingerprint density at radius 2 is 1.82 bits per heavy atom. The molecular formula is C24H27Cl2N3O4. The Morgan fingerprint density at radius 1 is 1.03 bits per heavy atom. The summed E-state index contributed by atoms with van der Waals surface area (Å²) >= 11 is 6.09. The smallest absolute Gasteiger partial charge is 0.271 e. The molecule has 9 heteroatoms. The van der Waals surface area contributed by atoms with Crippen molar-refractivity contribution in [1.82, 2.24) is 5.32 Å². The van der Waals surface area contributed by atoms with Crippen LogP contribution >= 0.6 is 24.0 Å². The fourth-order valence-corrected chi connectivity index (χ4v) is 3.39. The molecule has 0 fully saturated rings. The normalized spacial score (nSPS) is 10.3. The van der Waals surface area contributed by atoms with Gasteiger partial charge in [-0.3, -0.25) is 10.1 Å². The average Bonchev–Trinajstić information content (AvgIpc) is 2.79. The van der Waals surface area contributed by atoms with Gasteiger partial charge in [-0.05, 0) is 41.8 Å². The fourth-order valence-electron chi connectivity index (χ4n) is 3.15. The first-order chi connectivity index (χ1) is 15.5. The summed E-state index contributed by atoms with van der Waals surface area (Å²) in [5.74, 6) is 1.39. The summed E-state index contributed by atoms with van der Waals surface area (Å²) in [4.78, 5) is 10.3. The Hall–Kier alpha value is -3.00. The SMILES string of the molecule is COc1cc(CNCCNc2ccc([N+](=O)[O-])cc2Cl)ccc1OCc1ccccc1C.Cl. The van der Waals surface area contributed by atoms with Crippen LogP contribution in [0.4, 0.5) is 11.4 Å². The van der Waals surface area contributed by atoms with Crippen LogP contribution in [0.3, 0.4) is 0 Å². The lowest BCUT2D eigenvalue weighted by Gasteiger charge is -2.14. The molecule has 3 rings (SSSR count). The van der Waals surface area contributed by atoms with Crippen LogP contribution in [-0.2, 0) is 13.2 Å². The van der Waals surface area contributed by atoms with E-state index in [2.05, 4.69) is 29.7 Å². The molecule has 2 N–H and O–H groups in total. The van der Waals surface area contributed by atoms with Crippen molar-refractivity contribution in [3.8, 4) is 11.5 Å². The van der Waals surface area contributed by atoms with Crippen LogP contribution in [0.2, 0.25) is 5.02 Å². The molecule has 7 nitrogen and oxygen atoms in total. The number of benzene rings is 3. The van der Waals surface area contributed by atoms with Crippen LogP contribution in [0.1, 0.15) is 16.7 Å². The van der Waals surface area contributed by atoms with Gasteiger partial charge in [0.2, 0.25) is 0 Å². The van der Waals surface area contributed by atoms with Gasteiger partial charge in [0.15, 0.2) is 11.5 Å². The predicted molar refractivity (Wildman–Crippen MR) is 134 cm³/mol. The van der Waals surface area contributed by atoms with Crippen LogP contribution in [0.25, 0.3) is 0 Å². The number of rotatable bonds is 11. The maximum atomic E-state index is 10.8. The van der Waals surface area contributed by atoms with Crippen molar-refractivity contribution < 1.29 is 14.4 Å². The fraction of sp³-hybridized carbons (Fsp3) is 0.250. The number of anilines is 1. The van der Waals surface area contributed by atoms with Crippen LogP contribution in [-0.4, -0.2) is 25.1 Å². The van der Waals surface area contributed by atoms with Gasteiger partial charge in [-0.2, -0.15) is 0 Å². The molecule has 3 aromatic rings. The van der Waals surface area contributed by atoms with E-state index in [-0.39, 0.29) is 18.1 Å². The van der Waals surface area contributed by atoms with E-state index in [1.807, 2.05) is 30.3 Å². The van der Waals surface area contributed by atoms with Crippen LogP contribution in [0.5, 0.6) is 11.5 Å². The van der Waals surface area contributed by atoms with Gasteiger partial charge in [0.25, 0.3) is 5.69 Å². The molecule has 0 aliphatic carbocycles. The highest BCUT2D eigenvalue weighted by Crippen LogP contribution is 2.29. The molecule has 0 aliphatic heterocycles. The van der Waals surface area contributed by atoms with Gasteiger partial charge >= 0.3 is 0 Å². The van der Waals surface area contributed by atoms with Crippen molar-refractivity contribution in [3.63, 3.8) is 0 Å². The van der Waals surface area contributed by atoms with Crippen molar-refractivity contribution in [2.24, 2.45) is 0 Å². The molecule has 0 aromatic heterocycles. The number of hydrogen-bond acceptors (Lipinski definition) is 6. The van der Waals surface area contributed by atoms with Gasteiger partial charge in [-0.15, -0.1) is 12.4 Å². The lowest BCUT2D eigenvalue weighted by atomic mass is 10.1. The maximum Gasteiger partial charge on any atom is 0.271 e. The molecule has 0 aliphatic rings. The number of methoxy groups -OCH3 is 1. The minimum absolute atomic E-state index is 0. The molecule has 33 heavy (non-hydrogen) atoms. The zero-order valence-electron chi connectivity index (χ0n) is 18.5. The van der Waals surface area contributed by atoms with E-state index in [0.717, 1.165) is 11.1 Å². The molecular weight excluding hydrogens is 465 g/mol. The highest BCUT2D eigenvalue weighted by atomic mass is 35.5. The standard InChI is InChI=1S/C24H26ClN3O4.ClH/c1-17-5-3-4-6-19(17)16-32-23-10-7-18(13-24(23)31-2)15-26-11-12-27-22-9-8-20(28(29)30)14-21(22)25;/h3-10,13-14,26-27H,11-12,15-16H2,1-2H3;1H. The van der Waals surface area contributed by atoms with E-state index in [4.69, 9.17) is 21.1 Å². The third-order valence-corrected chi connectivity index (χ3v) is 5.30. The van der Waals surface area contributed by atoms with Gasteiger partial charge < -0.3 is 20.1 Å². The highest BCUT2D eigenvalue weighted by molar-refractivity contribution is 6.33. The minimum atomic E-state index is -0.468. The number of ether oxygens (including phenoxy) is 2. The summed E-state index contributed by atoms with van der Waals surface area (Å²) < 4.78 is 11.5. The number of hydrogen-bond donors (Lipinski definition) is 2. The third-order valence-electron chi connectivity index (χ3n) is 4.98. The molecule has 0 amide bonds. The molecule has 0 heterocycles. The Morgan fingerprint density at radius 3 is 2.52 bits per heavy atom. The molecule has 0 saturated heterocycles. The first-order valence-electron chi connectivity index (χ1n) is 10.2. The number of nitro benzene ring substituents is 1. The van der Waals surface area contributed by atoms with Crippen molar-refractivity contribution in [3.05, 3.63) is 92.5 Å². The largest absolute Gasteiger partial charge is 0.493 e. The minimum Gasteiger partial charge on any atom is -0.493 e. The molecule has 0 radical (unpaired) electrons. The number of nitro groups is 1. The summed E-state index contributed by atoms with van der Waals surface area (Å²) in [7, 11) is 1.63. The summed E-state index contributed by atoms with van der Waals surface area (Å²) in [6.07, 6.45) is 0. The summed E-state index contributed by atoms with van der Waals surface area (Å²) in [5.41, 5.74) is 4.03. The predicted octanol–water partition coefficient (Wildman–Crippen LogP) is 5.77. The second kappa shape index (κ2) is 12.9. The van der Waals surface area contributed by atoms with E-state index in [9.17, 15) is 10.1 Å². The molecule has 0 saturated carbocycles. The quantitative estimate of drug-likeness (QED) is 0.201. The average molecular weight is 492 g/mol. The Balaban J connectivity index is 0.00000385. The molecule has 3 aromatic carbocycles. The number of halogens is 2. The third kappa shape index (κ3) is 7.53. The van der Waals surface area contributed by atoms with Gasteiger partial charge in [-0.1, -0.05) is 41.9 Å². The monoisotopic (exact) mass is 491 g/mol. The Kier molecular flexibility index (Phi) is 10.3. The topological polar surface area (TPSA) is 85.7 Å². The van der Waals surface area contributed by atoms with E-state index in [0.29, 0.717) is 48.5 Å². The molecule has 176 valence electrons. The van der Waals surface area contributed by atoms with Gasteiger partial charge in [0.1, 0.15) is 6.61 Å². The summed E-state index contributed by atoms with van der Waals surface area (Å²) in [5, 5.41) is 17.6. The van der Waals surface area contributed by atoms with Crippen LogP contribution < -0.4 is 20.1 Å². The van der Waals surface area contributed by atoms with E-state index in [1.165, 1.54) is 17.7 Å². The molecule has 0 atom stereocenters. The zero-order chi connectivity index (χ0) is 22.9. The number of non-ortho nitro benzene ring substituents is 1. The van der Waals surface area contributed by atoms with Gasteiger partial charge in [0, 0.05) is 31.8 Å². The summed E-state index contributed by atoms with van der Waals surface area (Å²) in [6.45, 7) is 4.50. The van der Waals surface area contributed by atoms with Gasteiger partial charge in [-0.25, -0.2) is 0 Å². The Bertz CT molecular complexity index is 1080. The van der Waals surface area contributed by atoms with Crippen molar-refractivity contribution in [2.45, 2.75) is 20.1 Å². The second-order valence-electron chi connectivity index (χ2n) is 7.23. The Labute approximate surface area is 204 Å². The molecule has 0 bridgehead atoms. The number of aryl methyl sites for hydroxylation is 1. The lowest BCUT2D eigenvalue weighted by molar-refractivity contribution is -0.384. The van der Waals surface area contributed by atoms with Crippen molar-refractivity contribution in [1.29, 1.82) is 0 Å². The first-order valence-corrected chi connectivity index (χ1v) is 10.6. The summed E-state index contributed by atoms with van der Waals surface area (Å²) in [6, 6.07) is 18.4. The lowest BCUT2D eigenvalue weighted by Crippen LogP contribution is -2.21. The van der Waals surface area contributed by atoms with E-state index >= 15 is 0 Å². The number of nitrogens with zero attached hydrogens (tertiary/aromatic N) is 1. The van der Waals surface area contributed by atoms with E-state index < -0.39 is 4.92 Å². The van der Waals surface area contributed by atoms with Crippen LogP contribution in [0.15, 0.2) is 60.7 Å². The second-order valence-corrected chi connectivity index (χ2v) is 7.63. The number of nitrogens with one attached hydrogen (secondary N) is 2. The van der Waals surface area contributed by atoms with Gasteiger partial charge in [0.05, 0.1) is 22.7 Å².